The van der Waals surface area contributed by atoms with Gasteiger partial charge in [-0.3, -0.25) is 0 Å². The van der Waals surface area contributed by atoms with E-state index in [9.17, 15) is 5.11 Å². The molecule has 4 nitrogen and oxygen atoms in total. The number of hydrogen-bond acceptors (Lipinski definition) is 4. The summed E-state index contributed by atoms with van der Waals surface area (Å²) < 4.78 is 16.4. The molecule has 1 aromatic rings. The van der Waals surface area contributed by atoms with Crippen LogP contribution >= 0.6 is 0 Å². The Bertz CT molecular complexity index is 474. The maximum Gasteiger partial charge on any atom is 0.131 e. The van der Waals surface area contributed by atoms with E-state index in [1.807, 2.05) is 32.9 Å². The Morgan fingerprint density at radius 3 is 2.50 bits per heavy atom. The molecule has 0 radical (unpaired) electrons. The molecule has 0 saturated heterocycles. The average Bonchev–Trinajstić information content (AvgIpc) is 2.41. The van der Waals surface area contributed by atoms with Crippen LogP contribution in [-0.2, 0) is 18.0 Å². The molecule has 0 amide bonds. The van der Waals surface area contributed by atoms with Gasteiger partial charge in [-0.25, -0.2) is 0 Å². The van der Waals surface area contributed by atoms with Crippen molar-refractivity contribution in [3.05, 3.63) is 34.4 Å². The molecule has 0 aliphatic rings. The fourth-order valence-corrected chi connectivity index (χ4v) is 2.02. The first-order chi connectivity index (χ1) is 9.54. The van der Waals surface area contributed by atoms with Crippen molar-refractivity contribution in [2.45, 2.75) is 34.0 Å². The number of ether oxygens (including phenoxy) is 3. The lowest BCUT2D eigenvalue weighted by Crippen LogP contribution is -2.05. The molecule has 0 aliphatic heterocycles. The molecule has 20 heavy (non-hydrogen) atoms. The standard InChI is InChI=1S/C16H24O4/c1-11(2)6-7-20-15-8-13(10-18-4)14(9-17)16(19-5)12(15)3/h6,8,17H,7,9-10H2,1-5H3. The van der Waals surface area contributed by atoms with Crippen LogP contribution in [0.2, 0.25) is 0 Å². The first kappa shape index (κ1) is 16.5. The molecule has 0 heterocycles. The van der Waals surface area contributed by atoms with Crippen LogP contribution in [0.3, 0.4) is 0 Å². The van der Waals surface area contributed by atoms with Gasteiger partial charge in [0.25, 0.3) is 0 Å². The van der Waals surface area contributed by atoms with Gasteiger partial charge in [-0.15, -0.1) is 0 Å². The number of aliphatic hydroxyl groups is 1. The van der Waals surface area contributed by atoms with Gasteiger partial charge in [0.05, 0.1) is 20.3 Å². The summed E-state index contributed by atoms with van der Waals surface area (Å²) in [6.07, 6.45) is 2.02. The van der Waals surface area contributed by atoms with Crippen molar-refractivity contribution in [1.82, 2.24) is 0 Å². The van der Waals surface area contributed by atoms with Gasteiger partial charge < -0.3 is 19.3 Å². The summed E-state index contributed by atoms with van der Waals surface area (Å²) in [5.41, 5.74) is 3.73. The second-order valence-corrected chi connectivity index (χ2v) is 4.85. The highest BCUT2D eigenvalue weighted by atomic mass is 16.5. The van der Waals surface area contributed by atoms with Gasteiger partial charge in [-0.05, 0) is 38.5 Å². The highest BCUT2D eigenvalue weighted by Gasteiger charge is 2.16. The molecule has 4 heteroatoms. The zero-order chi connectivity index (χ0) is 15.1. The van der Waals surface area contributed by atoms with Crippen LogP contribution in [0.4, 0.5) is 0 Å². The third-order valence-electron chi connectivity index (χ3n) is 3.07. The van der Waals surface area contributed by atoms with Crippen LogP contribution in [0.25, 0.3) is 0 Å². The molecule has 0 fully saturated rings. The molecule has 0 unspecified atom stereocenters. The molecule has 0 atom stereocenters. The number of hydrogen-bond donors (Lipinski definition) is 1. The van der Waals surface area contributed by atoms with Gasteiger partial charge in [0.15, 0.2) is 0 Å². The fraction of sp³-hybridized carbons (Fsp3) is 0.500. The summed E-state index contributed by atoms with van der Waals surface area (Å²) >= 11 is 0. The van der Waals surface area contributed by atoms with Crippen molar-refractivity contribution in [3.8, 4) is 11.5 Å². The smallest absolute Gasteiger partial charge is 0.131 e. The predicted octanol–water partition coefficient (Wildman–Crippen LogP) is 2.99. The topological polar surface area (TPSA) is 47.9 Å². The van der Waals surface area contributed by atoms with Gasteiger partial charge in [0.2, 0.25) is 0 Å². The zero-order valence-electron chi connectivity index (χ0n) is 12.9. The van der Waals surface area contributed by atoms with E-state index in [0.717, 1.165) is 22.4 Å². The molecule has 0 aromatic heterocycles. The summed E-state index contributed by atoms with van der Waals surface area (Å²) in [6.45, 7) is 6.82. The SMILES string of the molecule is COCc1cc(OCC=C(C)C)c(C)c(OC)c1CO. The highest BCUT2D eigenvalue weighted by Crippen LogP contribution is 2.35. The number of aliphatic hydroxyl groups excluding tert-OH is 1. The molecule has 1 rings (SSSR count). The molecule has 1 N–H and O–H groups in total. The number of methoxy groups -OCH3 is 2. The van der Waals surface area contributed by atoms with Crippen LogP contribution in [0.1, 0.15) is 30.5 Å². The summed E-state index contributed by atoms with van der Waals surface area (Å²) in [6, 6.07) is 1.91. The summed E-state index contributed by atoms with van der Waals surface area (Å²) in [5.74, 6) is 1.41. The first-order valence-corrected chi connectivity index (χ1v) is 6.60. The van der Waals surface area contributed by atoms with Crippen LogP contribution < -0.4 is 9.47 Å². The molecule has 0 saturated carbocycles. The predicted molar refractivity (Wildman–Crippen MR) is 79.3 cm³/mol. The van der Waals surface area contributed by atoms with Crippen molar-refractivity contribution in [1.29, 1.82) is 0 Å². The summed E-state index contributed by atoms with van der Waals surface area (Å²) in [4.78, 5) is 0. The molecule has 0 bridgehead atoms. The third kappa shape index (κ3) is 3.99. The van der Waals surface area contributed by atoms with Gasteiger partial charge >= 0.3 is 0 Å². The Morgan fingerprint density at radius 2 is 2.00 bits per heavy atom. The Morgan fingerprint density at radius 1 is 1.30 bits per heavy atom. The number of benzene rings is 1. The second kappa shape index (κ2) is 7.92. The summed E-state index contributed by atoms with van der Waals surface area (Å²) in [7, 11) is 3.22. The van der Waals surface area contributed by atoms with Crippen LogP contribution in [-0.4, -0.2) is 25.9 Å². The molecular formula is C16H24O4. The maximum absolute atomic E-state index is 9.54. The minimum atomic E-state index is -0.0864. The minimum absolute atomic E-state index is 0.0864. The Hall–Kier alpha value is -1.52. The van der Waals surface area contributed by atoms with E-state index in [4.69, 9.17) is 14.2 Å². The minimum Gasteiger partial charge on any atom is -0.496 e. The molecule has 1 aromatic carbocycles. The average molecular weight is 280 g/mol. The molecule has 112 valence electrons. The van der Waals surface area contributed by atoms with Crippen molar-refractivity contribution in [3.63, 3.8) is 0 Å². The van der Waals surface area contributed by atoms with Crippen molar-refractivity contribution < 1.29 is 19.3 Å². The molecule has 0 spiro atoms. The van der Waals surface area contributed by atoms with Gasteiger partial charge in [-0.1, -0.05) is 5.57 Å². The van der Waals surface area contributed by atoms with Gasteiger partial charge in [-0.2, -0.15) is 0 Å². The van der Waals surface area contributed by atoms with Crippen molar-refractivity contribution >= 4 is 0 Å². The Balaban J connectivity index is 3.17. The van der Waals surface area contributed by atoms with E-state index >= 15 is 0 Å². The lowest BCUT2D eigenvalue weighted by atomic mass is 10.0. The first-order valence-electron chi connectivity index (χ1n) is 6.60. The van der Waals surface area contributed by atoms with E-state index in [2.05, 4.69) is 0 Å². The number of allylic oxidation sites excluding steroid dienone is 1. The van der Waals surface area contributed by atoms with Crippen LogP contribution in [0, 0.1) is 6.92 Å². The van der Waals surface area contributed by atoms with Gasteiger partial charge in [0.1, 0.15) is 18.1 Å². The highest BCUT2D eigenvalue weighted by molar-refractivity contribution is 5.53. The largest absolute Gasteiger partial charge is 0.496 e. The van der Waals surface area contributed by atoms with E-state index in [1.54, 1.807) is 14.2 Å². The second-order valence-electron chi connectivity index (χ2n) is 4.85. The van der Waals surface area contributed by atoms with Gasteiger partial charge in [0, 0.05) is 18.2 Å². The van der Waals surface area contributed by atoms with Crippen molar-refractivity contribution in [2.24, 2.45) is 0 Å². The quantitative estimate of drug-likeness (QED) is 0.780. The zero-order valence-corrected chi connectivity index (χ0v) is 12.9. The molecular weight excluding hydrogens is 256 g/mol. The van der Waals surface area contributed by atoms with E-state index in [0.29, 0.717) is 19.0 Å². The normalized spacial score (nSPS) is 10.3. The number of rotatable bonds is 7. The van der Waals surface area contributed by atoms with E-state index in [-0.39, 0.29) is 6.61 Å². The lowest BCUT2D eigenvalue weighted by Gasteiger charge is -2.18. The maximum atomic E-state index is 9.54. The monoisotopic (exact) mass is 280 g/mol. The Kier molecular flexibility index (Phi) is 6.55. The van der Waals surface area contributed by atoms with E-state index < -0.39 is 0 Å². The van der Waals surface area contributed by atoms with Crippen molar-refractivity contribution in [2.75, 3.05) is 20.8 Å². The molecule has 0 aliphatic carbocycles. The van der Waals surface area contributed by atoms with E-state index in [1.165, 1.54) is 5.57 Å². The lowest BCUT2D eigenvalue weighted by molar-refractivity contribution is 0.180. The summed E-state index contributed by atoms with van der Waals surface area (Å²) in [5, 5.41) is 9.54. The van der Waals surface area contributed by atoms with Crippen LogP contribution in [0.5, 0.6) is 11.5 Å². The fourth-order valence-electron chi connectivity index (χ4n) is 2.02. The third-order valence-corrected chi connectivity index (χ3v) is 3.07. The Labute approximate surface area is 121 Å². The van der Waals surface area contributed by atoms with Crippen LogP contribution in [0.15, 0.2) is 17.7 Å².